The predicted molar refractivity (Wildman–Crippen MR) is 124 cm³/mol. The molecule has 31 heavy (non-hydrogen) atoms. The lowest BCUT2D eigenvalue weighted by atomic mass is 10.3. The molecule has 3 aromatic rings. The first-order valence-electron chi connectivity index (χ1n) is 9.58. The molecule has 0 heterocycles. The second-order valence-electron chi connectivity index (χ2n) is 6.25. The van der Waals surface area contributed by atoms with Crippen LogP contribution in [-0.4, -0.2) is 30.2 Å². The van der Waals surface area contributed by atoms with Gasteiger partial charge >= 0.3 is 6.09 Å². The third kappa shape index (κ3) is 7.59. The Labute approximate surface area is 191 Å². The molecule has 0 radical (unpaired) electrons. The first kappa shape index (κ1) is 22.6. The van der Waals surface area contributed by atoms with Gasteiger partial charge in [-0.1, -0.05) is 48.5 Å². The Morgan fingerprint density at radius 1 is 0.968 bits per heavy atom. The fourth-order valence-corrected chi connectivity index (χ4v) is 3.51. The molecule has 0 saturated heterocycles. The predicted octanol–water partition coefficient (Wildman–Crippen LogP) is 6.84. The minimum atomic E-state index is -0.442. The fraction of sp³-hybridized carbons (Fsp3) is 0.125. The van der Waals surface area contributed by atoms with Crippen molar-refractivity contribution < 1.29 is 19.0 Å². The number of benzene rings is 3. The summed E-state index contributed by atoms with van der Waals surface area (Å²) in [7, 11) is 0. The Morgan fingerprint density at radius 2 is 1.71 bits per heavy atom. The molecule has 0 fully saturated rings. The van der Waals surface area contributed by atoms with E-state index < -0.39 is 6.09 Å². The van der Waals surface area contributed by atoms with Gasteiger partial charge in [-0.05, 0) is 66.5 Å². The first-order chi connectivity index (χ1) is 15.1. The van der Waals surface area contributed by atoms with Crippen LogP contribution in [0.4, 0.5) is 4.79 Å². The van der Waals surface area contributed by atoms with Crippen LogP contribution in [0.15, 0.2) is 96.4 Å². The molecule has 0 aromatic heterocycles. The summed E-state index contributed by atoms with van der Waals surface area (Å²) < 4.78 is 18.3. The molecule has 3 rings (SSSR count). The molecule has 0 unspecified atom stereocenters. The average molecular weight is 456 g/mol. The highest BCUT2D eigenvalue weighted by Crippen LogP contribution is 2.26. The van der Waals surface area contributed by atoms with Crippen LogP contribution in [0.2, 0.25) is 5.02 Å². The lowest BCUT2D eigenvalue weighted by Crippen LogP contribution is -2.29. The topological polar surface area (TPSA) is 48.0 Å². The van der Waals surface area contributed by atoms with Crippen molar-refractivity contribution in [1.29, 1.82) is 0 Å². The van der Waals surface area contributed by atoms with Crippen LogP contribution in [0.1, 0.15) is 0 Å². The third-order valence-corrected chi connectivity index (χ3v) is 5.18. The molecule has 0 aliphatic carbocycles. The van der Waals surface area contributed by atoms with Gasteiger partial charge in [0.15, 0.2) is 0 Å². The van der Waals surface area contributed by atoms with Gasteiger partial charge in [0.1, 0.15) is 30.5 Å². The van der Waals surface area contributed by atoms with E-state index in [0.717, 1.165) is 4.90 Å². The van der Waals surface area contributed by atoms with Crippen molar-refractivity contribution in [2.75, 3.05) is 19.8 Å². The Bertz CT molecular complexity index is 982. The molecule has 0 atom stereocenters. The Balaban J connectivity index is 1.54. The maximum atomic E-state index is 12.3. The number of halogens is 1. The molecule has 0 aliphatic heterocycles. The van der Waals surface area contributed by atoms with Gasteiger partial charge in [-0.15, -0.1) is 0 Å². The summed E-state index contributed by atoms with van der Waals surface area (Å²) in [6.07, 6.45) is 1.09. The molecular weight excluding hydrogens is 434 g/mol. The van der Waals surface area contributed by atoms with Crippen LogP contribution in [-0.2, 0) is 4.74 Å². The largest absolute Gasteiger partial charge is 0.492 e. The lowest BCUT2D eigenvalue weighted by molar-refractivity contribution is 0.135. The maximum Gasteiger partial charge on any atom is 0.420 e. The van der Waals surface area contributed by atoms with Crippen molar-refractivity contribution in [3.8, 4) is 17.2 Å². The van der Waals surface area contributed by atoms with Gasteiger partial charge in [0.2, 0.25) is 0 Å². The molecule has 0 saturated carbocycles. The SMILES string of the molecule is C=CCOC(=O)N(CCOc1ccc(Oc2cccc(Cl)c2)cc1)Sc1ccccc1. The second kappa shape index (κ2) is 11.9. The van der Waals surface area contributed by atoms with Crippen molar-refractivity contribution in [3.63, 3.8) is 0 Å². The van der Waals surface area contributed by atoms with Crippen molar-refractivity contribution in [2.24, 2.45) is 0 Å². The minimum Gasteiger partial charge on any atom is -0.492 e. The van der Waals surface area contributed by atoms with Gasteiger partial charge < -0.3 is 14.2 Å². The van der Waals surface area contributed by atoms with E-state index in [1.807, 2.05) is 66.7 Å². The van der Waals surface area contributed by atoms with E-state index in [0.29, 0.717) is 35.4 Å². The lowest BCUT2D eigenvalue weighted by Gasteiger charge is -2.20. The van der Waals surface area contributed by atoms with E-state index in [1.54, 1.807) is 12.1 Å². The van der Waals surface area contributed by atoms with Crippen molar-refractivity contribution in [1.82, 2.24) is 4.31 Å². The van der Waals surface area contributed by atoms with Crippen LogP contribution < -0.4 is 9.47 Å². The Morgan fingerprint density at radius 3 is 2.42 bits per heavy atom. The van der Waals surface area contributed by atoms with Crippen LogP contribution in [0.3, 0.4) is 0 Å². The zero-order chi connectivity index (χ0) is 21.9. The standard InChI is InChI=1S/C24H22ClNO4S/c1-2-16-29-24(27)26(31-23-9-4-3-5-10-23)15-17-28-20-11-13-21(14-12-20)30-22-8-6-7-19(25)18-22/h2-14,18H,1,15-17H2. The van der Waals surface area contributed by atoms with E-state index in [9.17, 15) is 4.79 Å². The molecule has 7 heteroatoms. The Hall–Kier alpha value is -3.09. The van der Waals surface area contributed by atoms with E-state index in [4.69, 9.17) is 25.8 Å². The number of carbonyl (C=O) groups excluding carboxylic acids is 1. The summed E-state index contributed by atoms with van der Waals surface area (Å²) in [5, 5.41) is 0.613. The van der Waals surface area contributed by atoms with Crippen molar-refractivity contribution in [3.05, 3.63) is 96.5 Å². The fourth-order valence-electron chi connectivity index (χ4n) is 2.50. The average Bonchev–Trinajstić information content (AvgIpc) is 2.78. The third-order valence-electron chi connectivity index (χ3n) is 3.91. The highest BCUT2D eigenvalue weighted by Gasteiger charge is 2.16. The maximum absolute atomic E-state index is 12.3. The summed E-state index contributed by atoms with van der Waals surface area (Å²) in [6.45, 7) is 4.37. The molecule has 0 N–H and O–H groups in total. The summed E-state index contributed by atoms with van der Waals surface area (Å²) >= 11 is 7.28. The highest BCUT2D eigenvalue weighted by molar-refractivity contribution is 7.97. The van der Waals surface area contributed by atoms with E-state index >= 15 is 0 Å². The molecule has 0 aliphatic rings. The van der Waals surface area contributed by atoms with Crippen LogP contribution in [0.5, 0.6) is 17.2 Å². The smallest absolute Gasteiger partial charge is 0.420 e. The molecule has 1 amide bonds. The number of amides is 1. The van der Waals surface area contributed by atoms with E-state index in [2.05, 4.69) is 6.58 Å². The molecule has 5 nitrogen and oxygen atoms in total. The van der Waals surface area contributed by atoms with Gasteiger partial charge in [-0.3, -0.25) is 0 Å². The zero-order valence-corrected chi connectivity index (χ0v) is 18.4. The zero-order valence-electron chi connectivity index (χ0n) is 16.8. The number of carbonyl (C=O) groups is 1. The highest BCUT2D eigenvalue weighted by atomic mass is 35.5. The van der Waals surface area contributed by atoms with Crippen molar-refractivity contribution >= 4 is 29.6 Å². The first-order valence-corrected chi connectivity index (χ1v) is 10.7. The van der Waals surface area contributed by atoms with Crippen molar-refractivity contribution in [2.45, 2.75) is 4.90 Å². The van der Waals surface area contributed by atoms with E-state index in [-0.39, 0.29) is 6.61 Å². The van der Waals surface area contributed by atoms with Crippen LogP contribution in [0, 0.1) is 0 Å². The summed E-state index contributed by atoms with van der Waals surface area (Å²) in [5.41, 5.74) is 0. The number of nitrogens with zero attached hydrogens (tertiary/aromatic N) is 1. The van der Waals surface area contributed by atoms with Gasteiger partial charge in [0.05, 0.1) is 6.54 Å². The number of hydrogen-bond donors (Lipinski definition) is 0. The Kier molecular flexibility index (Phi) is 8.70. The van der Waals surface area contributed by atoms with Gasteiger partial charge in [0.25, 0.3) is 0 Å². The number of hydrogen-bond acceptors (Lipinski definition) is 5. The van der Waals surface area contributed by atoms with Crippen LogP contribution >= 0.6 is 23.5 Å². The molecular formula is C24H22ClNO4S. The second-order valence-corrected chi connectivity index (χ2v) is 7.78. The molecule has 160 valence electrons. The number of rotatable bonds is 10. The molecule has 0 spiro atoms. The normalized spacial score (nSPS) is 10.2. The molecule has 3 aromatic carbocycles. The van der Waals surface area contributed by atoms with Crippen LogP contribution in [0.25, 0.3) is 0 Å². The van der Waals surface area contributed by atoms with E-state index in [1.165, 1.54) is 22.3 Å². The molecule has 0 bridgehead atoms. The van der Waals surface area contributed by atoms with Gasteiger partial charge in [-0.25, -0.2) is 9.10 Å². The quantitative estimate of drug-likeness (QED) is 0.247. The van der Waals surface area contributed by atoms with Gasteiger partial charge in [-0.2, -0.15) is 0 Å². The summed E-state index contributed by atoms with van der Waals surface area (Å²) in [4.78, 5) is 13.3. The summed E-state index contributed by atoms with van der Waals surface area (Å²) in [6, 6.07) is 24.1. The minimum absolute atomic E-state index is 0.152. The van der Waals surface area contributed by atoms with Gasteiger partial charge in [0, 0.05) is 9.92 Å². The monoisotopic (exact) mass is 455 g/mol. The number of ether oxygens (including phenoxy) is 3. The summed E-state index contributed by atoms with van der Waals surface area (Å²) in [5.74, 6) is 2.00.